The Labute approximate surface area is 176 Å². The lowest BCUT2D eigenvalue weighted by Gasteiger charge is -2.34. The second-order valence-corrected chi connectivity index (χ2v) is 8.56. The molecule has 2 N–H and O–H groups in total. The van der Waals surface area contributed by atoms with Gasteiger partial charge in [0.15, 0.2) is 0 Å². The standard InChI is InChI=1S/C24H29FN2O3/c1-15-3-4-18(11-22(15)25)23(14-27-10-9-26-16(2)13-27)30-19-7-8-20(24(28)29)21(12-19)17-5-6-17/h3-4,7-8,11-12,16-17,23,26H,5-6,9-10,13-14H2,1-2H3,(H,28,29)/t16-,23?/m1/s1. The highest BCUT2D eigenvalue weighted by Gasteiger charge is 2.29. The van der Waals surface area contributed by atoms with Gasteiger partial charge in [-0.05, 0) is 73.6 Å². The van der Waals surface area contributed by atoms with E-state index in [0.29, 0.717) is 35.4 Å². The van der Waals surface area contributed by atoms with E-state index in [9.17, 15) is 14.3 Å². The van der Waals surface area contributed by atoms with Gasteiger partial charge in [-0.2, -0.15) is 0 Å². The number of nitrogens with zero attached hydrogens (tertiary/aromatic N) is 1. The fourth-order valence-corrected chi connectivity index (χ4v) is 4.14. The number of carbonyl (C=O) groups is 1. The number of carboxylic acids is 1. The van der Waals surface area contributed by atoms with Crippen molar-refractivity contribution in [2.75, 3.05) is 26.2 Å². The number of hydrogen-bond acceptors (Lipinski definition) is 4. The SMILES string of the molecule is Cc1ccc(C(CN2CCN[C@H](C)C2)Oc2ccc(C(=O)O)c(C3CC3)c2)cc1F. The van der Waals surface area contributed by atoms with Gasteiger partial charge in [-0.3, -0.25) is 4.90 Å². The van der Waals surface area contributed by atoms with E-state index in [1.54, 1.807) is 31.2 Å². The number of aromatic carboxylic acids is 1. The van der Waals surface area contributed by atoms with Crippen LogP contribution < -0.4 is 10.1 Å². The van der Waals surface area contributed by atoms with Gasteiger partial charge in [0.2, 0.25) is 0 Å². The summed E-state index contributed by atoms with van der Waals surface area (Å²) in [4.78, 5) is 13.9. The molecule has 0 amide bonds. The number of benzene rings is 2. The number of hydrogen-bond donors (Lipinski definition) is 2. The minimum Gasteiger partial charge on any atom is -0.484 e. The molecule has 6 heteroatoms. The minimum atomic E-state index is -0.907. The van der Waals surface area contributed by atoms with Crippen LogP contribution in [-0.2, 0) is 0 Å². The summed E-state index contributed by atoms with van der Waals surface area (Å²) in [5.41, 5.74) is 2.58. The zero-order valence-corrected chi connectivity index (χ0v) is 17.5. The molecule has 1 saturated carbocycles. The van der Waals surface area contributed by atoms with Gasteiger partial charge < -0.3 is 15.2 Å². The first-order valence-corrected chi connectivity index (χ1v) is 10.7. The summed E-state index contributed by atoms with van der Waals surface area (Å²) in [5.74, 6) is -0.218. The number of nitrogens with one attached hydrogen (secondary N) is 1. The Morgan fingerprint density at radius 3 is 2.77 bits per heavy atom. The zero-order chi connectivity index (χ0) is 21.3. The highest BCUT2D eigenvalue weighted by atomic mass is 19.1. The van der Waals surface area contributed by atoms with E-state index in [1.165, 1.54) is 0 Å². The van der Waals surface area contributed by atoms with Crippen molar-refractivity contribution in [3.05, 3.63) is 64.5 Å². The summed E-state index contributed by atoms with van der Waals surface area (Å²) in [6, 6.07) is 10.9. The molecule has 1 aliphatic carbocycles. The molecule has 2 atom stereocenters. The smallest absolute Gasteiger partial charge is 0.335 e. The van der Waals surface area contributed by atoms with Crippen LogP contribution in [0.4, 0.5) is 4.39 Å². The molecular formula is C24H29FN2O3. The Bertz CT molecular complexity index is 929. The van der Waals surface area contributed by atoms with Crippen LogP contribution in [0.1, 0.15) is 58.8 Å². The number of rotatable bonds is 7. The molecule has 1 unspecified atom stereocenters. The average molecular weight is 413 g/mol. The first kappa shape index (κ1) is 20.8. The summed E-state index contributed by atoms with van der Waals surface area (Å²) in [6.45, 7) is 7.27. The van der Waals surface area contributed by atoms with E-state index >= 15 is 0 Å². The molecule has 0 bridgehead atoms. The number of aryl methyl sites for hydroxylation is 1. The molecule has 2 aliphatic rings. The van der Waals surface area contributed by atoms with Crippen LogP contribution in [0.15, 0.2) is 36.4 Å². The molecule has 160 valence electrons. The van der Waals surface area contributed by atoms with Gasteiger partial charge in [-0.1, -0.05) is 12.1 Å². The monoisotopic (exact) mass is 412 g/mol. The maximum atomic E-state index is 14.3. The van der Waals surface area contributed by atoms with Crippen LogP contribution in [0.2, 0.25) is 0 Å². The van der Waals surface area contributed by atoms with Crippen molar-refractivity contribution in [2.45, 2.75) is 44.8 Å². The molecular weight excluding hydrogens is 383 g/mol. The molecule has 0 radical (unpaired) electrons. The van der Waals surface area contributed by atoms with Crippen LogP contribution in [0, 0.1) is 12.7 Å². The van der Waals surface area contributed by atoms with E-state index in [2.05, 4.69) is 17.1 Å². The normalized spacial score (nSPS) is 20.7. The van der Waals surface area contributed by atoms with Crippen LogP contribution in [0.5, 0.6) is 5.75 Å². The Morgan fingerprint density at radius 1 is 1.30 bits per heavy atom. The van der Waals surface area contributed by atoms with Crippen LogP contribution in [-0.4, -0.2) is 48.2 Å². The van der Waals surface area contributed by atoms with E-state index in [4.69, 9.17) is 4.74 Å². The van der Waals surface area contributed by atoms with E-state index in [0.717, 1.165) is 43.6 Å². The third-order valence-electron chi connectivity index (χ3n) is 5.99. The highest BCUT2D eigenvalue weighted by molar-refractivity contribution is 5.90. The number of ether oxygens (including phenoxy) is 1. The Balaban J connectivity index is 1.61. The number of piperazine rings is 1. The topological polar surface area (TPSA) is 61.8 Å². The van der Waals surface area contributed by atoms with Gasteiger partial charge in [0.05, 0.1) is 5.56 Å². The molecule has 2 aromatic rings. The fraction of sp³-hybridized carbons (Fsp3) is 0.458. The molecule has 2 fully saturated rings. The lowest BCUT2D eigenvalue weighted by molar-refractivity contribution is 0.0695. The van der Waals surface area contributed by atoms with Gasteiger partial charge in [-0.25, -0.2) is 9.18 Å². The summed E-state index contributed by atoms with van der Waals surface area (Å²) < 4.78 is 20.7. The average Bonchev–Trinajstić information content (AvgIpc) is 3.55. The molecule has 5 nitrogen and oxygen atoms in total. The molecule has 30 heavy (non-hydrogen) atoms. The van der Waals surface area contributed by atoms with Crippen molar-refractivity contribution >= 4 is 5.97 Å². The summed E-state index contributed by atoms with van der Waals surface area (Å²) >= 11 is 0. The minimum absolute atomic E-state index is 0.241. The van der Waals surface area contributed by atoms with Crippen LogP contribution >= 0.6 is 0 Å². The summed E-state index contributed by atoms with van der Waals surface area (Å²) in [5, 5.41) is 12.9. The second kappa shape index (κ2) is 8.74. The van der Waals surface area contributed by atoms with Gasteiger partial charge >= 0.3 is 5.97 Å². The lowest BCUT2D eigenvalue weighted by Crippen LogP contribution is -2.50. The van der Waals surface area contributed by atoms with Gasteiger partial charge in [0.25, 0.3) is 0 Å². The van der Waals surface area contributed by atoms with Crippen molar-refractivity contribution in [2.24, 2.45) is 0 Å². The number of halogens is 1. The molecule has 1 heterocycles. The molecule has 0 spiro atoms. The Morgan fingerprint density at radius 2 is 2.10 bits per heavy atom. The quantitative estimate of drug-likeness (QED) is 0.716. The number of carboxylic acid groups (broad SMARTS) is 1. The van der Waals surface area contributed by atoms with Crippen molar-refractivity contribution in [1.82, 2.24) is 10.2 Å². The maximum absolute atomic E-state index is 14.3. The van der Waals surface area contributed by atoms with Gasteiger partial charge in [0, 0.05) is 32.2 Å². The van der Waals surface area contributed by atoms with E-state index < -0.39 is 5.97 Å². The summed E-state index contributed by atoms with van der Waals surface area (Å²) in [6.07, 6.45) is 1.68. The molecule has 4 rings (SSSR count). The molecule has 0 aromatic heterocycles. The van der Waals surface area contributed by atoms with E-state index in [1.807, 2.05) is 12.1 Å². The van der Waals surface area contributed by atoms with Crippen molar-refractivity contribution in [1.29, 1.82) is 0 Å². The molecule has 1 aliphatic heterocycles. The largest absolute Gasteiger partial charge is 0.484 e. The van der Waals surface area contributed by atoms with E-state index in [-0.39, 0.29) is 11.9 Å². The van der Waals surface area contributed by atoms with Crippen LogP contribution in [0.25, 0.3) is 0 Å². The van der Waals surface area contributed by atoms with Gasteiger partial charge in [0.1, 0.15) is 17.7 Å². The first-order chi connectivity index (χ1) is 14.4. The predicted octanol–water partition coefficient (Wildman–Crippen LogP) is 4.12. The third kappa shape index (κ3) is 4.82. The lowest BCUT2D eigenvalue weighted by atomic mass is 10.0. The molecule has 1 saturated heterocycles. The van der Waals surface area contributed by atoms with Crippen LogP contribution in [0.3, 0.4) is 0 Å². The predicted molar refractivity (Wildman–Crippen MR) is 114 cm³/mol. The maximum Gasteiger partial charge on any atom is 0.335 e. The highest BCUT2D eigenvalue weighted by Crippen LogP contribution is 2.43. The molecule has 2 aromatic carbocycles. The third-order valence-corrected chi connectivity index (χ3v) is 5.99. The van der Waals surface area contributed by atoms with Crippen molar-refractivity contribution in [3.63, 3.8) is 0 Å². The second-order valence-electron chi connectivity index (χ2n) is 8.56. The Kier molecular flexibility index (Phi) is 6.06. The van der Waals surface area contributed by atoms with Crippen molar-refractivity contribution < 1.29 is 19.0 Å². The zero-order valence-electron chi connectivity index (χ0n) is 17.5. The first-order valence-electron chi connectivity index (χ1n) is 10.7. The van der Waals surface area contributed by atoms with Gasteiger partial charge in [-0.15, -0.1) is 0 Å². The van der Waals surface area contributed by atoms with Crippen molar-refractivity contribution in [3.8, 4) is 5.75 Å². The fourth-order valence-electron chi connectivity index (χ4n) is 4.14. The summed E-state index contributed by atoms with van der Waals surface area (Å²) in [7, 11) is 0. The Hall–Kier alpha value is -2.44.